The summed E-state index contributed by atoms with van der Waals surface area (Å²) in [5.41, 5.74) is 12.2. The number of carbonyl (C=O) groups is 1. The predicted molar refractivity (Wildman–Crippen MR) is 150 cm³/mol. The normalized spacial score (nSPS) is 13.0. The fourth-order valence-electron chi connectivity index (χ4n) is 4.81. The summed E-state index contributed by atoms with van der Waals surface area (Å²) in [4.78, 5) is 24.5. The number of nitrogens with zero attached hydrogens (tertiary/aromatic N) is 3. The summed E-state index contributed by atoms with van der Waals surface area (Å²) >= 11 is 0. The van der Waals surface area contributed by atoms with Gasteiger partial charge in [-0.2, -0.15) is 5.10 Å². The number of imidazole rings is 1. The number of aromatic nitrogens is 5. The molecule has 200 valence electrons. The molecule has 0 bridgehead atoms. The number of nitrogens with two attached hydrogens (primary N) is 1. The van der Waals surface area contributed by atoms with Gasteiger partial charge in [0.25, 0.3) is 0 Å². The van der Waals surface area contributed by atoms with Gasteiger partial charge in [-0.1, -0.05) is 25.1 Å². The summed E-state index contributed by atoms with van der Waals surface area (Å²) in [6.45, 7) is 1.92. The van der Waals surface area contributed by atoms with E-state index in [0.717, 1.165) is 16.8 Å². The van der Waals surface area contributed by atoms with E-state index in [1.54, 1.807) is 30.5 Å². The first-order valence-electron chi connectivity index (χ1n) is 12.8. The second-order valence-corrected chi connectivity index (χ2v) is 9.63. The minimum Gasteiger partial charge on any atom is -0.402 e. The lowest BCUT2D eigenvalue weighted by Crippen LogP contribution is -2.10. The molecule has 0 unspecified atom stereocenters. The third-order valence-corrected chi connectivity index (χ3v) is 6.72. The van der Waals surface area contributed by atoms with E-state index < -0.39 is 5.82 Å². The Hall–Kier alpha value is -5.12. The Bertz CT molecular complexity index is 1820. The zero-order chi connectivity index (χ0) is 27.8. The van der Waals surface area contributed by atoms with Crippen molar-refractivity contribution in [2.24, 2.45) is 5.73 Å². The molecule has 1 amide bonds. The lowest BCUT2D eigenvalue weighted by molar-refractivity contribution is -0.116. The molecular formula is C30H25F2N7O. The van der Waals surface area contributed by atoms with Gasteiger partial charge in [0, 0.05) is 58.6 Å². The highest BCUT2D eigenvalue weighted by Crippen LogP contribution is 2.35. The molecule has 0 spiro atoms. The second-order valence-electron chi connectivity index (χ2n) is 9.63. The minimum absolute atomic E-state index is 0.128. The highest BCUT2D eigenvalue weighted by molar-refractivity contribution is 5.96. The van der Waals surface area contributed by atoms with Gasteiger partial charge in [0.1, 0.15) is 17.3 Å². The summed E-state index contributed by atoms with van der Waals surface area (Å²) in [5, 5.41) is 10.8. The summed E-state index contributed by atoms with van der Waals surface area (Å²) in [6, 6.07) is 10.9. The van der Waals surface area contributed by atoms with E-state index in [2.05, 4.69) is 25.5 Å². The van der Waals surface area contributed by atoms with Gasteiger partial charge in [-0.25, -0.2) is 13.8 Å². The third-order valence-electron chi connectivity index (χ3n) is 6.72. The van der Waals surface area contributed by atoms with Crippen LogP contribution in [-0.2, 0) is 11.2 Å². The Labute approximate surface area is 228 Å². The molecule has 0 fully saturated rings. The van der Waals surface area contributed by atoms with Crippen molar-refractivity contribution >= 4 is 28.1 Å². The van der Waals surface area contributed by atoms with E-state index in [4.69, 9.17) is 10.7 Å². The predicted octanol–water partition coefficient (Wildman–Crippen LogP) is 5.86. The van der Waals surface area contributed by atoms with Crippen LogP contribution in [0.15, 0.2) is 72.7 Å². The molecule has 2 aromatic carbocycles. The van der Waals surface area contributed by atoms with Gasteiger partial charge in [0.2, 0.25) is 5.91 Å². The van der Waals surface area contributed by atoms with E-state index in [0.29, 0.717) is 69.9 Å². The summed E-state index contributed by atoms with van der Waals surface area (Å²) in [7, 11) is 0. The maximum Gasteiger partial charge on any atom is 0.224 e. The molecule has 40 heavy (non-hydrogen) atoms. The van der Waals surface area contributed by atoms with E-state index in [1.165, 1.54) is 24.4 Å². The fraction of sp³-hybridized carbons (Fsp3) is 0.133. The molecule has 0 aliphatic heterocycles. The van der Waals surface area contributed by atoms with Crippen LogP contribution in [0.2, 0.25) is 0 Å². The average Bonchev–Trinajstić information content (AvgIpc) is 3.49. The van der Waals surface area contributed by atoms with Gasteiger partial charge < -0.3 is 16.0 Å². The number of aromatic amines is 2. The van der Waals surface area contributed by atoms with Gasteiger partial charge in [-0.15, -0.1) is 0 Å². The van der Waals surface area contributed by atoms with Gasteiger partial charge >= 0.3 is 0 Å². The molecule has 3 aromatic heterocycles. The van der Waals surface area contributed by atoms with Crippen LogP contribution in [0, 0.1) is 11.6 Å². The lowest BCUT2D eigenvalue weighted by atomic mass is 10.0. The van der Waals surface area contributed by atoms with Crippen molar-refractivity contribution < 1.29 is 13.6 Å². The van der Waals surface area contributed by atoms with Crippen LogP contribution in [0.1, 0.15) is 36.7 Å². The maximum absolute atomic E-state index is 15.2. The van der Waals surface area contributed by atoms with Crippen LogP contribution >= 0.6 is 0 Å². The number of allylic oxidation sites excluding steroid dienone is 3. The van der Waals surface area contributed by atoms with Crippen LogP contribution in [-0.4, -0.2) is 31.1 Å². The molecule has 0 atom stereocenters. The van der Waals surface area contributed by atoms with E-state index in [1.807, 2.05) is 19.1 Å². The van der Waals surface area contributed by atoms with Crippen molar-refractivity contribution in [3.05, 3.63) is 101 Å². The smallest absolute Gasteiger partial charge is 0.224 e. The number of pyridine rings is 1. The number of anilines is 1. The van der Waals surface area contributed by atoms with Crippen molar-refractivity contribution in [2.75, 3.05) is 5.32 Å². The largest absolute Gasteiger partial charge is 0.402 e. The highest BCUT2D eigenvalue weighted by atomic mass is 19.1. The monoisotopic (exact) mass is 537 g/mol. The number of hydrogen-bond acceptors (Lipinski definition) is 5. The molecular weight excluding hydrogens is 512 g/mol. The van der Waals surface area contributed by atoms with Crippen LogP contribution in [0.5, 0.6) is 0 Å². The van der Waals surface area contributed by atoms with Gasteiger partial charge in [0.05, 0.1) is 23.1 Å². The molecule has 0 radical (unpaired) electrons. The first kappa shape index (κ1) is 25.2. The molecule has 8 nitrogen and oxygen atoms in total. The molecule has 0 saturated heterocycles. The van der Waals surface area contributed by atoms with Gasteiger partial charge in [0.15, 0.2) is 5.82 Å². The highest BCUT2D eigenvalue weighted by Gasteiger charge is 2.22. The standard InChI is InChI=1S/C30H25F2N7O/c1-2-3-27(40)35-20-10-17(14-34-15-20)22-12-23-25(13-24(22)32)38-39-29(23)30-36-26-11-19(33)8-9-21(28(26)37-30)16-4-6-18(31)7-5-16/h4-10,12-15H,2-3,11,33H2,1H3,(H,35,40)(H,36,37)(H,38,39). The zero-order valence-electron chi connectivity index (χ0n) is 21.6. The van der Waals surface area contributed by atoms with Crippen molar-refractivity contribution in [3.8, 4) is 22.6 Å². The number of nitrogens with one attached hydrogen (secondary N) is 3. The summed E-state index contributed by atoms with van der Waals surface area (Å²) < 4.78 is 28.8. The van der Waals surface area contributed by atoms with Crippen molar-refractivity contribution in [2.45, 2.75) is 26.2 Å². The molecule has 3 heterocycles. The molecule has 5 aromatic rings. The number of amides is 1. The topological polar surface area (TPSA) is 125 Å². The Morgan fingerprint density at radius 1 is 1.05 bits per heavy atom. The van der Waals surface area contributed by atoms with E-state index in [9.17, 15) is 9.18 Å². The number of hydrogen-bond donors (Lipinski definition) is 4. The van der Waals surface area contributed by atoms with E-state index >= 15 is 4.39 Å². The quantitative estimate of drug-likeness (QED) is 0.216. The van der Waals surface area contributed by atoms with Crippen LogP contribution in [0.3, 0.4) is 0 Å². The molecule has 6 rings (SSSR count). The SMILES string of the molecule is CCCC(=O)Nc1cncc(-c2cc3c(-c4nc5c([nH]4)CC(N)=CC=C5c4ccc(F)cc4)n[nH]c3cc2F)c1. The maximum atomic E-state index is 15.2. The van der Waals surface area contributed by atoms with Crippen LogP contribution in [0.25, 0.3) is 39.1 Å². The Morgan fingerprint density at radius 3 is 2.67 bits per heavy atom. The average molecular weight is 538 g/mol. The third kappa shape index (κ3) is 4.75. The van der Waals surface area contributed by atoms with E-state index in [-0.39, 0.29) is 11.7 Å². The number of halogens is 2. The summed E-state index contributed by atoms with van der Waals surface area (Å²) in [6.07, 6.45) is 8.30. The number of fused-ring (bicyclic) bond motifs is 2. The lowest BCUT2D eigenvalue weighted by Gasteiger charge is -2.08. The first-order chi connectivity index (χ1) is 19.4. The molecule has 1 aliphatic carbocycles. The molecule has 0 saturated carbocycles. The van der Waals surface area contributed by atoms with Gasteiger partial charge in [-0.05, 0) is 42.3 Å². The minimum atomic E-state index is -0.462. The zero-order valence-corrected chi connectivity index (χ0v) is 21.6. The summed E-state index contributed by atoms with van der Waals surface area (Å²) in [5.74, 6) is -0.436. The molecule has 10 heteroatoms. The molecule has 1 aliphatic rings. The fourth-order valence-corrected chi connectivity index (χ4v) is 4.81. The Kier molecular flexibility index (Phi) is 6.43. The molecule has 5 N–H and O–H groups in total. The van der Waals surface area contributed by atoms with Gasteiger partial charge in [-0.3, -0.25) is 14.9 Å². The van der Waals surface area contributed by atoms with Crippen LogP contribution < -0.4 is 11.1 Å². The number of carbonyl (C=O) groups excluding carboxylic acids is 1. The number of benzene rings is 2. The van der Waals surface area contributed by atoms with Crippen molar-refractivity contribution in [3.63, 3.8) is 0 Å². The second kappa shape index (κ2) is 10.2. The number of rotatable bonds is 6. The Morgan fingerprint density at radius 2 is 1.88 bits per heavy atom. The van der Waals surface area contributed by atoms with Crippen LogP contribution in [0.4, 0.5) is 14.5 Å². The Balaban J connectivity index is 1.41. The van der Waals surface area contributed by atoms with Crippen molar-refractivity contribution in [1.29, 1.82) is 0 Å². The number of H-pyrrole nitrogens is 2. The van der Waals surface area contributed by atoms with Crippen molar-refractivity contribution in [1.82, 2.24) is 25.1 Å². The first-order valence-corrected chi connectivity index (χ1v) is 12.8.